The maximum atomic E-state index is 5.71. The summed E-state index contributed by atoms with van der Waals surface area (Å²) in [6, 6.07) is 6.08. The van der Waals surface area contributed by atoms with Gasteiger partial charge in [0.05, 0.1) is 13.2 Å². The smallest absolute Gasteiger partial charge is 0.119 e. The standard InChI is InChI=1S/C12H17NO2/c1-3-15-12-6-7-13-11-5-4-9(14-2)8-10(11)12/h4-5,8,12-13H,3,6-7H2,1-2H3. The molecular weight excluding hydrogens is 190 g/mol. The highest BCUT2D eigenvalue weighted by Crippen LogP contribution is 2.34. The van der Waals surface area contributed by atoms with Crippen molar-refractivity contribution in [1.82, 2.24) is 0 Å². The fourth-order valence-electron chi connectivity index (χ4n) is 1.96. The zero-order chi connectivity index (χ0) is 10.7. The largest absolute Gasteiger partial charge is 0.497 e. The first-order chi connectivity index (χ1) is 7.35. The van der Waals surface area contributed by atoms with Crippen LogP contribution in [0.4, 0.5) is 5.69 Å². The van der Waals surface area contributed by atoms with Crippen molar-refractivity contribution in [1.29, 1.82) is 0 Å². The van der Waals surface area contributed by atoms with E-state index < -0.39 is 0 Å². The predicted octanol–water partition coefficient (Wildman–Crippen LogP) is 2.59. The summed E-state index contributed by atoms with van der Waals surface area (Å²) in [6.45, 7) is 3.76. The Morgan fingerprint density at radius 1 is 1.47 bits per heavy atom. The molecule has 3 heteroatoms. The molecule has 2 rings (SSSR count). The van der Waals surface area contributed by atoms with E-state index in [1.807, 2.05) is 13.0 Å². The maximum absolute atomic E-state index is 5.71. The number of nitrogens with one attached hydrogen (secondary N) is 1. The zero-order valence-electron chi connectivity index (χ0n) is 9.25. The molecule has 1 aliphatic heterocycles. The Morgan fingerprint density at radius 2 is 2.33 bits per heavy atom. The number of methoxy groups -OCH3 is 1. The van der Waals surface area contributed by atoms with Crippen molar-refractivity contribution in [2.45, 2.75) is 19.4 Å². The molecule has 0 amide bonds. The number of rotatable bonds is 3. The van der Waals surface area contributed by atoms with Gasteiger partial charge in [-0.1, -0.05) is 0 Å². The molecule has 0 aliphatic carbocycles. The quantitative estimate of drug-likeness (QED) is 0.826. The third-order valence-corrected chi connectivity index (χ3v) is 2.70. The normalized spacial score (nSPS) is 19.2. The lowest BCUT2D eigenvalue weighted by Gasteiger charge is -2.26. The Balaban J connectivity index is 2.30. The fraction of sp³-hybridized carbons (Fsp3) is 0.500. The number of anilines is 1. The Morgan fingerprint density at radius 3 is 3.07 bits per heavy atom. The molecule has 1 atom stereocenters. The first kappa shape index (κ1) is 10.3. The zero-order valence-corrected chi connectivity index (χ0v) is 9.25. The van der Waals surface area contributed by atoms with Gasteiger partial charge in [-0.15, -0.1) is 0 Å². The van der Waals surface area contributed by atoms with Gasteiger partial charge in [0.1, 0.15) is 5.75 Å². The van der Waals surface area contributed by atoms with Crippen LogP contribution in [0.1, 0.15) is 25.0 Å². The molecule has 0 fully saturated rings. The van der Waals surface area contributed by atoms with Gasteiger partial charge in [0.25, 0.3) is 0 Å². The lowest BCUT2D eigenvalue weighted by Crippen LogP contribution is -2.18. The van der Waals surface area contributed by atoms with Crippen LogP contribution < -0.4 is 10.1 Å². The summed E-state index contributed by atoms with van der Waals surface area (Å²) in [7, 11) is 1.69. The van der Waals surface area contributed by atoms with Gasteiger partial charge in [-0.05, 0) is 31.5 Å². The van der Waals surface area contributed by atoms with Gasteiger partial charge in [-0.3, -0.25) is 0 Å². The molecule has 1 unspecified atom stereocenters. The molecule has 1 heterocycles. The third kappa shape index (κ3) is 2.07. The monoisotopic (exact) mass is 207 g/mol. The lowest BCUT2D eigenvalue weighted by atomic mass is 10.00. The van der Waals surface area contributed by atoms with E-state index in [0.29, 0.717) is 0 Å². The van der Waals surface area contributed by atoms with Crippen molar-refractivity contribution < 1.29 is 9.47 Å². The summed E-state index contributed by atoms with van der Waals surface area (Å²) < 4.78 is 10.9. The third-order valence-electron chi connectivity index (χ3n) is 2.70. The van der Waals surface area contributed by atoms with Crippen molar-refractivity contribution >= 4 is 5.69 Å². The van der Waals surface area contributed by atoms with E-state index in [1.54, 1.807) is 7.11 Å². The molecule has 1 aromatic rings. The van der Waals surface area contributed by atoms with Crippen molar-refractivity contribution in [2.24, 2.45) is 0 Å². The van der Waals surface area contributed by atoms with Crippen LogP contribution in [-0.2, 0) is 4.74 Å². The summed E-state index contributed by atoms with van der Waals surface area (Å²) in [5.74, 6) is 0.891. The molecule has 15 heavy (non-hydrogen) atoms. The Bertz CT molecular complexity index is 338. The fourth-order valence-corrected chi connectivity index (χ4v) is 1.96. The van der Waals surface area contributed by atoms with Crippen LogP contribution in [0.15, 0.2) is 18.2 Å². The van der Waals surface area contributed by atoms with Crippen LogP contribution in [0.25, 0.3) is 0 Å². The second-order valence-electron chi connectivity index (χ2n) is 3.61. The van der Waals surface area contributed by atoms with Crippen LogP contribution in [0, 0.1) is 0 Å². The van der Waals surface area contributed by atoms with Gasteiger partial charge in [-0.2, -0.15) is 0 Å². The van der Waals surface area contributed by atoms with E-state index in [9.17, 15) is 0 Å². The Hall–Kier alpha value is -1.22. The average Bonchev–Trinajstić information content (AvgIpc) is 2.29. The molecule has 0 aromatic heterocycles. The number of fused-ring (bicyclic) bond motifs is 1. The van der Waals surface area contributed by atoms with Crippen LogP contribution >= 0.6 is 0 Å². The minimum atomic E-state index is 0.210. The van der Waals surface area contributed by atoms with Gasteiger partial charge >= 0.3 is 0 Å². The second kappa shape index (κ2) is 4.53. The van der Waals surface area contributed by atoms with Crippen molar-refractivity contribution in [3.05, 3.63) is 23.8 Å². The van der Waals surface area contributed by atoms with Crippen molar-refractivity contribution in [3.63, 3.8) is 0 Å². The van der Waals surface area contributed by atoms with Gasteiger partial charge in [-0.25, -0.2) is 0 Å². The van der Waals surface area contributed by atoms with Crippen LogP contribution in [0.3, 0.4) is 0 Å². The molecule has 0 spiro atoms. The highest BCUT2D eigenvalue weighted by Gasteiger charge is 2.20. The molecular formula is C12H17NO2. The van der Waals surface area contributed by atoms with E-state index in [-0.39, 0.29) is 6.10 Å². The summed E-state index contributed by atoms with van der Waals surface area (Å²) >= 11 is 0. The summed E-state index contributed by atoms with van der Waals surface area (Å²) in [4.78, 5) is 0. The first-order valence-corrected chi connectivity index (χ1v) is 5.38. The highest BCUT2D eigenvalue weighted by molar-refractivity contribution is 5.56. The van der Waals surface area contributed by atoms with E-state index in [1.165, 1.54) is 11.3 Å². The molecule has 0 saturated heterocycles. The lowest BCUT2D eigenvalue weighted by molar-refractivity contribution is 0.0568. The molecule has 0 saturated carbocycles. The molecule has 3 nitrogen and oxygen atoms in total. The van der Waals surface area contributed by atoms with Gasteiger partial charge in [0.15, 0.2) is 0 Å². The molecule has 1 aromatic carbocycles. The number of ether oxygens (including phenoxy) is 2. The van der Waals surface area contributed by atoms with E-state index in [2.05, 4.69) is 17.4 Å². The summed E-state index contributed by atoms with van der Waals surface area (Å²) in [5.41, 5.74) is 2.38. The number of hydrogen-bond acceptors (Lipinski definition) is 3. The second-order valence-corrected chi connectivity index (χ2v) is 3.61. The first-order valence-electron chi connectivity index (χ1n) is 5.38. The Labute approximate surface area is 90.4 Å². The minimum Gasteiger partial charge on any atom is -0.497 e. The van der Waals surface area contributed by atoms with Crippen LogP contribution in [0.2, 0.25) is 0 Å². The van der Waals surface area contributed by atoms with Gasteiger partial charge in [0.2, 0.25) is 0 Å². The SMILES string of the molecule is CCOC1CCNc2ccc(OC)cc21. The average molecular weight is 207 g/mol. The number of hydrogen-bond donors (Lipinski definition) is 1. The summed E-state index contributed by atoms with van der Waals surface area (Å²) in [6.07, 6.45) is 1.23. The van der Waals surface area contributed by atoms with Crippen LogP contribution in [-0.4, -0.2) is 20.3 Å². The molecule has 82 valence electrons. The van der Waals surface area contributed by atoms with Gasteiger partial charge in [0, 0.05) is 24.4 Å². The van der Waals surface area contributed by atoms with E-state index in [0.717, 1.165) is 25.3 Å². The van der Waals surface area contributed by atoms with Crippen LogP contribution in [0.5, 0.6) is 5.75 Å². The maximum Gasteiger partial charge on any atom is 0.119 e. The molecule has 1 aliphatic rings. The van der Waals surface area contributed by atoms with E-state index in [4.69, 9.17) is 9.47 Å². The van der Waals surface area contributed by atoms with Crippen molar-refractivity contribution in [3.8, 4) is 5.75 Å². The van der Waals surface area contributed by atoms with Gasteiger partial charge < -0.3 is 14.8 Å². The number of benzene rings is 1. The topological polar surface area (TPSA) is 30.5 Å². The highest BCUT2D eigenvalue weighted by atomic mass is 16.5. The summed E-state index contributed by atoms with van der Waals surface area (Å²) in [5, 5.41) is 3.37. The Kier molecular flexibility index (Phi) is 3.11. The van der Waals surface area contributed by atoms with E-state index >= 15 is 0 Å². The molecule has 1 N–H and O–H groups in total. The molecule has 0 bridgehead atoms. The molecule has 0 radical (unpaired) electrons. The van der Waals surface area contributed by atoms with Crippen molar-refractivity contribution in [2.75, 3.05) is 25.6 Å². The minimum absolute atomic E-state index is 0.210. The predicted molar refractivity (Wildman–Crippen MR) is 60.5 cm³/mol.